The molecule has 0 aromatic rings. The van der Waals surface area contributed by atoms with Gasteiger partial charge in [-0.15, -0.1) is 0 Å². The summed E-state index contributed by atoms with van der Waals surface area (Å²) in [5.74, 6) is 0.375. The lowest BCUT2D eigenvalue weighted by atomic mass is 9.89. The molecule has 1 saturated heterocycles. The second-order valence-electron chi connectivity index (χ2n) is 7.34. The summed E-state index contributed by atoms with van der Waals surface area (Å²) >= 11 is 0. The van der Waals surface area contributed by atoms with Crippen molar-refractivity contribution in [2.24, 2.45) is 5.92 Å². The van der Waals surface area contributed by atoms with Crippen LogP contribution in [-0.4, -0.2) is 66.8 Å². The van der Waals surface area contributed by atoms with Crippen LogP contribution in [0.15, 0.2) is 0 Å². The Kier molecular flexibility index (Phi) is 6.28. The minimum Gasteiger partial charge on any atom is -0.391 e. The molecule has 0 unspecified atom stereocenters. The third kappa shape index (κ3) is 4.66. The van der Waals surface area contributed by atoms with Crippen molar-refractivity contribution in [3.8, 4) is 0 Å². The summed E-state index contributed by atoms with van der Waals surface area (Å²) in [7, 11) is -3.09. The van der Waals surface area contributed by atoms with Gasteiger partial charge in [0.15, 0.2) is 0 Å². The summed E-state index contributed by atoms with van der Waals surface area (Å²) in [5, 5.41) is 10.4. The predicted molar refractivity (Wildman–Crippen MR) is 89.2 cm³/mol. The third-order valence-electron chi connectivity index (χ3n) is 5.20. The molecule has 1 N–H and O–H groups in total. The summed E-state index contributed by atoms with van der Waals surface area (Å²) in [6.45, 7) is 6.54. The van der Waals surface area contributed by atoms with Crippen molar-refractivity contribution in [3.63, 3.8) is 0 Å². The Hall–Kier alpha value is -0.170. The zero-order valence-corrected chi connectivity index (χ0v) is 15.1. The molecule has 0 aromatic heterocycles. The Morgan fingerprint density at radius 3 is 2.45 bits per heavy atom. The van der Waals surface area contributed by atoms with Gasteiger partial charge in [-0.2, -0.15) is 0 Å². The Labute approximate surface area is 135 Å². The summed E-state index contributed by atoms with van der Waals surface area (Å²) in [4.78, 5) is 2.42. The molecule has 2 fully saturated rings. The summed E-state index contributed by atoms with van der Waals surface area (Å²) in [6, 6.07) is 0.619. The molecule has 1 saturated carbocycles. The number of hydrogen-bond acceptors (Lipinski definition) is 4. The first-order chi connectivity index (χ1) is 10.3. The van der Waals surface area contributed by atoms with Crippen molar-refractivity contribution in [3.05, 3.63) is 0 Å². The minimum absolute atomic E-state index is 0.231. The highest BCUT2D eigenvalue weighted by Crippen LogP contribution is 2.28. The third-order valence-corrected chi connectivity index (χ3v) is 6.47. The van der Waals surface area contributed by atoms with Crippen molar-refractivity contribution in [1.29, 1.82) is 0 Å². The lowest BCUT2D eigenvalue weighted by molar-refractivity contribution is -0.00652. The summed E-state index contributed by atoms with van der Waals surface area (Å²) < 4.78 is 25.2. The van der Waals surface area contributed by atoms with E-state index in [1.807, 2.05) is 0 Å². The molecule has 22 heavy (non-hydrogen) atoms. The van der Waals surface area contributed by atoms with Crippen molar-refractivity contribution in [2.75, 3.05) is 25.9 Å². The fourth-order valence-electron chi connectivity index (χ4n) is 3.98. The molecular weight excluding hydrogens is 300 g/mol. The SMILES string of the molecule is CC(C)N(C[C@@H]1CCCN(S(C)(=O)=O)C1)[C@@H]1CCCC[C@@H]1O. The maximum atomic E-state index is 11.8. The van der Waals surface area contributed by atoms with Crippen LogP contribution in [-0.2, 0) is 10.0 Å². The number of aliphatic hydroxyl groups is 1. The van der Waals surface area contributed by atoms with Crippen LogP contribution >= 0.6 is 0 Å². The van der Waals surface area contributed by atoms with Crippen LogP contribution in [0.1, 0.15) is 52.4 Å². The van der Waals surface area contributed by atoms with E-state index in [2.05, 4.69) is 18.7 Å². The van der Waals surface area contributed by atoms with Crippen LogP contribution < -0.4 is 0 Å². The van der Waals surface area contributed by atoms with Crippen molar-refractivity contribution < 1.29 is 13.5 Å². The monoisotopic (exact) mass is 332 g/mol. The van der Waals surface area contributed by atoms with Gasteiger partial charge in [0.2, 0.25) is 10.0 Å². The van der Waals surface area contributed by atoms with Crippen LogP contribution in [0.2, 0.25) is 0 Å². The van der Waals surface area contributed by atoms with Crippen LogP contribution in [0, 0.1) is 5.92 Å². The first-order valence-electron chi connectivity index (χ1n) is 8.68. The van der Waals surface area contributed by atoms with Crippen molar-refractivity contribution in [1.82, 2.24) is 9.21 Å². The van der Waals surface area contributed by atoms with Gasteiger partial charge < -0.3 is 5.11 Å². The first-order valence-corrected chi connectivity index (χ1v) is 10.5. The fraction of sp³-hybridized carbons (Fsp3) is 1.00. The van der Waals surface area contributed by atoms with Crippen molar-refractivity contribution in [2.45, 2.75) is 70.6 Å². The van der Waals surface area contributed by atoms with Gasteiger partial charge in [-0.1, -0.05) is 12.8 Å². The molecular formula is C16H32N2O3S. The highest BCUT2D eigenvalue weighted by atomic mass is 32.2. The van der Waals surface area contributed by atoms with Crippen LogP contribution in [0.25, 0.3) is 0 Å². The highest BCUT2D eigenvalue weighted by molar-refractivity contribution is 7.88. The molecule has 1 aliphatic heterocycles. The molecule has 1 aliphatic carbocycles. The number of rotatable bonds is 5. The van der Waals surface area contributed by atoms with Gasteiger partial charge in [-0.25, -0.2) is 12.7 Å². The maximum absolute atomic E-state index is 11.8. The molecule has 130 valence electrons. The molecule has 0 bridgehead atoms. The Bertz CT molecular complexity index is 452. The molecule has 0 aromatic carbocycles. The van der Waals surface area contributed by atoms with Gasteiger partial charge in [0, 0.05) is 31.7 Å². The zero-order chi connectivity index (χ0) is 16.3. The van der Waals surface area contributed by atoms with Gasteiger partial charge in [-0.3, -0.25) is 4.90 Å². The Morgan fingerprint density at radius 2 is 1.86 bits per heavy atom. The van der Waals surface area contributed by atoms with E-state index < -0.39 is 10.0 Å². The quantitative estimate of drug-likeness (QED) is 0.832. The Morgan fingerprint density at radius 1 is 1.18 bits per heavy atom. The second-order valence-corrected chi connectivity index (χ2v) is 9.32. The maximum Gasteiger partial charge on any atom is 0.211 e. The molecule has 0 spiro atoms. The molecule has 1 heterocycles. The topological polar surface area (TPSA) is 60.9 Å². The number of sulfonamides is 1. The molecule has 6 heteroatoms. The predicted octanol–water partition coefficient (Wildman–Crippen LogP) is 1.67. The number of hydrogen-bond donors (Lipinski definition) is 1. The largest absolute Gasteiger partial charge is 0.391 e. The van der Waals surface area contributed by atoms with Crippen LogP contribution in [0.5, 0.6) is 0 Å². The average Bonchev–Trinajstić information content (AvgIpc) is 2.45. The van der Waals surface area contributed by atoms with Gasteiger partial charge >= 0.3 is 0 Å². The van der Waals surface area contributed by atoms with Gasteiger partial charge in [-0.05, 0) is 45.4 Å². The highest BCUT2D eigenvalue weighted by Gasteiger charge is 2.33. The molecule has 0 radical (unpaired) electrons. The lowest BCUT2D eigenvalue weighted by Gasteiger charge is -2.43. The summed E-state index contributed by atoms with van der Waals surface area (Å²) in [5.41, 5.74) is 0. The molecule has 3 atom stereocenters. The van der Waals surface area contributed by atoms with Crippen molar-refractivity contribution >= 4 is 10.0 Å². The average molecular weight is 333 g/mol. The molecule has 5 nitrogen and oxygen atoms in total. The van der Waals surface area contributed by atoms with E-state index in [1.54, 1.807) is 4.31 Å². The lowest BCUT2D eigenvalue weighted by Crippen LogP contribution is -2.52. The van der Waals surface area contributed by atoms with E-state index in [0.717, 1.165) is 38.6 Å². The van der Waals surface area contributed by atoms with E-state index in [4.69, 9.17) is 0 Å². The smallest absolute Gasteiger partial charge is 0.211 e. The fourth-order valence-corrected chi connectivity index (χ4v) is 4.93. The van der Waals surface area contributed by atoms with Crippen LogP contribution in [0.3, 0.4) is 0 Å². The Balaban J connectivity index is 2.01. The van der Waals surface area contributed by atoms with Gasteiger partial charge in [0.25, 0.3) is 0 Å². The number of aliphatic hydroxyl groups excluding tert-OH is 1. The van der Waals surface area contributed by atoms with E-state index in [1.165, 1.54) is 12.7 Å². The minimum atomic E-state index is -3.09. The summed E-state index contributed by atoms with van der Waals surface area (Å²) in [6.07, 6.45) is 7.36. The van der Waals surface area contributed by atoms with E-state index in [9.17, 15) is 13.5 Å². The number of nitrogens with zero attached hydrogens (tertiary/aromatic N) is 2. The standard InChI is InChI=1S/C16H32N2O3S/c1-13(2)18(15-8-4-5-9-16(15)19)12-14-7-6-10-17(11-14)22(3,20)21/h13-16,19H,4-12H2,1-3H3/t14-,15-,16+/m1/s1. The normalized spacial score (nSPS) is 31.8. The van der Waals surface area contributed by atoms with E-state index >= 15 is 0 Å². The van der Waals surface area contributed by atoms with Gasteiger partial charge in [0.05, 0.1) is 12.4 Å². The van der Waals surface area contributed by atoms with Crippen LogP contribution in [0.4, 0.5) is 0 Å². The first kappa shape index (κ1) is 18.2. The zero-order valence-electron chi connectivity index (χ0n) is 14.2. The molecule has 2 aliphatic rings. The molecule has 0 amide bonds. The van der Waals surface area contributed by atoms with Gasteiger partial charge in [0.1, 0.15) is 0 Å². The second kappa shape index (κ2) is 7.60. The number of piperidine rings is 1. The molecule has 2 rings (SSSR count). The van der Waals surface area contributed by atoms with E-state index in [-0.39, 0.29) is 12.1 Å². The van der Waals surface area contributed by atoms with E-state index in [0.29, 0.717) is 25.0 Å².